The van der Waals surface area contributed by atoms with Gasteiger partial charge in [-0.2, -0.15) is 0 Å². The van der Waals surface area contributed by atoms with Gasteiger partial charge in [0.1, 0.15) is 0 Å². The summed E-state index contributed by atoms with van der Waals surface area (Å²) < 4.78 is 49.8. The summed E-state index contributed by atoms with van der Waals surface area (Å²) in [6, 6.07) is 2.05. The summed E-state index contributed by atoms with van der Waals surface area (Å²) in [5.41, 5.74) is 0. The first-order valence-corrected chi connectivity index (χ1v) is 50.6. The average Bonchev–Trinajstić information content (AvgIpc) is 3.07. The van der Waals surface area contributed by atoms with Gasteiger partial charge in [0.05, 0.1) is 36.7 Å². The number of hydrogen-bond donors (Lipinski definition) is 0. The zero-order valence-electron chi connectivity index (χ0n) is 42.7. The van der Waals surface area contributed by atoms with Crippen LogP contribution in [0.15, 0.2) is 25.3 Å². The Morgan fingerprint density at radius 1 is 0.414 bits per heavy atom. The molecule has 0 amide bonds. The standard InChI is InChI=1S/C26H66O6Si6.C9H26O2Si3.C6H10/c1-27-37(25-29-35(9,10)11,31-23-33(3,4)5)21-19-17-15-16-18-20-22-38(28-2,26-30-36(12,13)14)32-24-34(6,7)8;1-12(8-11-14(5,6)7)10-9-13(2,3)4;1-3-5-6-4-2/h15-26H2,1-14H3;12H,8-9H2,1-7H3;3-4H,1-2,5-6H2. The highest BCUT2D eigenvalue weighted by Crippen LogP contribution is 2.25. The summed E-state index contributed by atoms with van der Waals surface area (Å²) in [6.45, 7) is 50.7. The Morgan fingerprint density at radius 2 is 0.724 bits per heavy atom. The normalized spacial score (nSPS) is 15.6. The number of allylic oxidation sites excluding steroid dienone is 2. The van der Waals surface area contributed by atoms with Gasteiger partial charge in [0, 0.05) is 39.1 Å². The maximum Gasteiger partial charge on any atom is 0.362 e. The van der Waals surface area contributed by atoms with Crippen molar-refractivity contribution in [3.8, 4) is 0 Å². The maximum absolute atomic E-state index is 6.57. The van der Waals surface area contributed by atoms with E-state index in [0.29, 0.717) is 12.5 Å². The Morgan fingerprint density at radius 3 is 0.983 bits per heavy atom. The van der Waals surface area contributed by atoms with E-state index in [1.807, 2.05) is 26.4 Å². The predicted molar refractivity (Wildman–Crippen MR) is 281 cm³/mol. The van der Waals surface area contributed by atoms with Crippen molar-refractivity contribution in [3.05, 3.63) is 25.3 Å². The summed E-state index contributed by atoms with van der Waals surface area (Å²) in [6.07, 6.45) is 18.1. The van der Waals surface area contributed by atoms with Crippen LogP contribution in [-0.2, 0) is 35.4 Å². The van der Waals surface area contributed by atoms with Crippen molar-refractivity contribution in [2.24, 2.45) is 0 Å². The van der Waals surface area contributed by atoms with Crippen LogP contribution in [0, 0.1) is 0 Å². The second-order valence-electron chi connectivity index (χ2n) is 22.6. The molecule has 0 aliphatic heterocycles. The molecular formula is C41H102O8Si9. The minimum Gasteiger partial charge on any atom is -0.421 e. The fraction of sp³-hybridized carbons (Fsp3) is 0.902. The smallest absolute Gasteiger partial charge is 0.362 e. The van der Waals surface area contributed by atoms with Crippen molar-refractivity contribution < 1.29 is 35.4 Å². The van der Waals surface area contributed by atoms with Gasteiger partial charge in [-0.05, 0) is 90.4 Å². The third-order valence-electron chi connectivity index (χ3n) is 8.22. The fourth-order valence-electron chi connectivity index (χ4n) is 4.70. The summed E-state index contributed by atoms with van der Waals surface area (Å²) in [4.78, 5) is 0. The molecule has 3 atom stereocenters. The van der Waals surface area contributed by atoms with Crippen molar-refractivity contribution in [3.63, 3.8) is 0 Å². The van der Waals surface area contributed by atoms with Gasteiger partial charge in [0.2, 0.25) is 0 Å². The number of rotatable bonds is 32. The second-order valence-corrected chi connectivity index (χ2v) is 61.3. The minimum atomic E-state index is -2.33. The van der Waals surface area contributed by atoms with Crippen LogP contribution in [-0.4, -0.2) is 127 Å². The molecule has 0 N–H and O–H groups in total. The summed E-state index contributed by atoms with van der Waals surface area (Å²) in [5, 5.41) is 0. The first-order valence-electron chi connectivity index (χ1n) is 22.3. The van der Waals surface area contributed by atoms with Gasteiger partial charge in [0.15, 0.2) is 34.0 Å². The highest BCUT2D eigenvalue weighted by atomic mass is 28.4. The number of hydrogen-bond acceptors (Lipinski definition) is 8. The summed E-state index contributed by atoms with van der Waals surface area (Å²) in [7, 11) is -10.3. The van der Waals surface area contributed by atoms with Crippen molar-refractivity contribution in [2.45, 2.75) is 188 Å². The highest BCUT2D eigenvalue weighted by molar-refractivity contribution is 6.79. The van der Waals surface area contributed by atoms with Gasteiger partial charge in [-0.25, -0.2) is 0 Å². The molecule has 0 heterocycles. The zero-order valence-corrected chi connectivity index (χ0v) is 51.9. The van der Waals surface area contributed by atoms with E-state index in [2.05, 4.69) is 138 Å². The van der Waals surface area contributed by atoms with Gasteiger partial charge in [-0.1, -0.05) is 110 Å². The Labute approximate surface area is 373 Å². The Kier molecular flexibility index (Phi) is 34.0. The molecule has 0 aromatic rings. The minimum absolute atomic E-state index is 0.671. The van der Waals surface area contributed by atoms with E-state index in [4.69, 9.17) is 35.4 Å². The van der Waals surface area contributed by atoms with Gasteiger partial charge < -0.3 is 35.4 Å². The van der Waals surface area contributed by atoms with E-state index in [1.54, 1.807) is 0 Å². The van der Waals surface area contributed by atoms with Crippen LogP contribution in [0.4, 0.5) is 0 Å². The van der Waals surface area contributed by atoms with Crippen molar-refractivity contribution in [1.82, 2.24) is 0 Å². The van der Waals surface area contributed by atoms with E-state index in [9.17, 15) is 0 Å². The Bertz CT molecular complexity index is 914. The van der Waals surface area contributed by atoms with Gasteiger partial charge >= 0.3 is 17.1 Å². The SMILES string of the molecule is C=CCCC=C.CO[Si](CCCCCCCC[Si](CO[Si](C)(C)C)(OC)OC[Si](C)(C)C)(CO[Si](C)(C)C)OC[Si](C)(C)C.C[SiH](CO[Si](C)(C)C)OC[Si](C)(C)C. The topological polar surface area (TPSA) is 73.8 Å². The van der Waals surface area contributed by atoms with Gasteiger partial charge in [0.25, 0.3) is 0 Å². The monoisotopic (exact) mass is 975 g/mol. The van der Waals surface area contributed by atoms with Crippen LogP contribution in [0.1, 0.15) is 51.4 Å². The van der Waals surface area contributed by atoms with Crippen molar-refractivity contribution >= 4 is 75.3 Å². The molecule has 0 aliphatic carbocycles. The molecule has 0 aromatic carbocycles. The van der Waals surface area contributed by atoms with Crippen molar-refractivity contribution in [1.29, 1.82) is 0 Å². The molecule has 0 rings (SSSR count). The quantitative estimate of drug-likeness (QED) is 0.0375. The first kappa shape index (κ1) is 63.4. The highest BCUT2D eigenvalue weighted by Gasteiger charge is 2.41. The first-order chi connectivity index (χ1) is 26.2. The molecule has 0 fully saturated rings. The predicted octanol–water partition coefficient (Wildman–Crippen LogP) is 12.8. The lowest BCUT2D eigenvalue weighted by atomic mass is 10.1. The zero-order chi connectivity index (χ0) is 46.0. The number of unbranched alkanes of at least 4 members (excludes halogenated alkanes) is 6. The van der Waals surface area contributed by atoms with Crippen LogP contribution < -0.4 is 0 Å². The molecular weight excluding hydrogens is 873 g/mol. The van der Waals surface area contributed by atoms with Gasteiger partial charge in [-0.15, -0.1) is 13.2 Å². The van der Waals surface area contributed by atoms with E-state index in [1.165, 1.54) is 25.7 Å². The molecule has 0 aromatic heterocycles. The third-order valence-corrected chi connectivity index (χ3v) is 23.8. The van der Waals surface area contributed by atoms with Crippen molar-refractivity contribution in [2.75, 3.05) is 51.6 Å². The third kappa shape index (κ3) is 45.1. The van der Waals surface area contributed by atoms with Crippen LogP contribution >= 0.6 is 0 Å². The fourth-order valence-corrected chi connectivity index (χ4v) is 24.9. The Hall–Kier alpha value is 1.11. The molecule has 17 heteroatoms. The van der Waals surface area contributed by atoms with E-state index in [0.717, 1.165) is 62.7 Å². The molecule has 350 valence electrons. The second kappa shape index (κ2) is 31.1. The lowest BCUT2D eigenvalue weighted by Gasteiger charge is -2.34. The lowest BCUT2D eigenvalue weighted by molar-refractivity contribution is 0.189. The van der Waals surface area contributed by atoms with Gasteiger partial charge in [-0.3, -0.25) is 0 Å². The average molecular weight is 976 g/mol. The molecule has 0 saturated heterocycles. The molecule has 0 spiro atoms. The molecule has 3 unspecified atom stereocenters. The van der Waals surface area contributed by atoms with Crippen LogP contribution in [0.2, 0.25) is 136 Å². The van der Waals surface area contributed by atoms with Crippen LogP contribution in [0.5, 0.6) is 0 Å². The lowest BCUT2D eigenvalue weighted by Crippen LogP contribution is -2.51. The van der Waals surface area contributed by atoms with E-state index in [-0.39, 0.29) is 0 Å². The Balaban J connectivity index is -0.00000123. The molecule has 0 saturated carbocycles. The summed E-state index contributed by atoms with van der Waals surface area (Å²) in [5.74, 6) is 0. The summed E-state index contributed by atoms with van der Waals surface area (Å²) >= 11 is 0. The molecule has 58 heavy (non-hydrogen) atoms. The van der Waals surface area contributed by atoms with E-state index < -0.39 is 75.3 Å². The molecule has 0 aliphatic rings. The molecule has 8 nitrogen and oxygen atoms in total. The van der Waals surface area contributed by atoms with Crippen LogP contribution in [0.3, 0.4) is 0 Å². The molecule has 0 radical (unpaired) electrons. The maximum atomic E-state index is 6.57. The van der Waals surface area contributed by atoms with Crippen LogP contribution in [0.25, 0.3) is 0 Å². The van der Waals surface area contributed by atoms with E-state index >= 15 is 0 Å². The molecule has 0 bridgehead atoms. The largest absolute Gasteiger partial charge is 0.421 e.